The number of aryl methyl sites for hydroxylation is 1. The first-order chi connectivity index (χ1) is 9.15. The van der Waals surface area contributed by atoms with E-state index in [-0.39, 0.29) is 6.42 Å². The van der Waals surface area contributed by atoms with Crippen LogP contribution in [0.1, 0.15) is 25.2 Å². The molecule has 5 nitrogen and oxygen atoms in total. The van der Waals surface area contributed by atoms with Gasteiger partial charge in [0, 0.05) is 22.9 Å². The molecule has 2 aromatic rings. The Kier molecular flexibility index (Phi) is 4.68. The normalized spacial score (nSPS) is 10.6. The summed E-state index contributed by atoms with van der Waals surface area (Å²) in [6.07, 6.45) is 2.13. The van der Waals surface area contributed by atoms with E-state index in [2.05, 4.69) is 26.1 Å². The van der Waals surface area contributed by atoms with Crippen molar-refractivity contribution in [3.63, 3.8) is 0 Å². The van der Waals surface area contributed by atoms with Crippen LogP contribution in [0.3, 0.4) is 0 Å². The summed E-state index contributed by atoms with van der Waals surface area (Å²) in [4.78, 5) is 10.4. The molecule has 0 unspecified atom stereocenters. The van der Waals surface area contributed by atoms with E-state index in [4.69, 9.17) is 9.52 Å². The summed E-state index contributed by atoms with van der Waals surface area (Å²) in [6, 6.07) is 7.61. The van der Waals surface area contributed by atoms with E-state index in [0.717, 1.165) is 16.5 Å². The van der Waals surface area contributed by atoms with Gasteiger partial charge in [0.2, 0.25) is 11.8 Å². The second-order valence-corrected chi connectivity index (χ2v) is 5.02. The third-order valence-corrected chi connectivity index (χ3v) is 3.12. The van der Waals surface area contributed by atoms with Gasteiger partial charge in [-0.2, -0.15) is 0 Å². The zero-order valence-corrected chi connectivity index (χ0v) is 11.8. The highest BCUT2D eigenvalue weighted by Gasteiger charge is 2.08. The van der Waals surface area contributed by atoms with E-state index >= 15 is 0 Å². The lowest BCUT2D eigenvalue weighted by atomic mass is 10.2. The highest BCUT2D eigenvalue weighted by Crippen LogP contribution is 2.20. The largest absolute Gasteiger partial charge is 0.481 e. The lowest BCUT2D eigenvalue weighted by Gasteiger charge is -1.95. The van der Waals surface area contributed by atoms with Crippen LogP contribution in [0.25, 0.3) is 11.5 Å². The first kappa shape index (κ1) is 13.7. The summed E-state index contributed by atoms with van der Waals surface area (Å²) < 4.78 is 6.52. The standard InChI is InChI=1S/C13H13BrN2O3/c14-10-7-5-9(6-8-10)13-16-15-11(19-13)3-1-2-4-12(17)18/h5-8H,1-4H2,(H,17,18). The van der Waals surface area contributed by atoms with Crippen LogP contribution in [0.5, 0.6) is 0 Å². The summed E-state index contributed by atoms with van der Waals surface area (Å²) in [5.74, 6) is 0.255. The molecule has 0 aliphatic rings. The van der Waals surface area contributed by atoms with E-state index < -0.39 is 5.97 Å². The summed E-state index contributed by atoms with van der Waals surface area (Å²) in [7, 11) is 0. The van der Waals surface area contributed by atoms with E-state index in [1.807, 2.05) is 24.3 Å². The molecule has 0 aliphatic carbocycles. The molecule has 0 radical (unpaired) electrons. The van der Waals surface area contributed by atoms with Crippen molar-refractivity contribution in [2.75, 3.05) is 0 Å². The Labute approximate surface area is 118 Å². The number of hydrogen-bond donors (Lipinski definition) is 1. The second kappa shape index (κ2) is 6.47. The predicted octanol–water partition coefficient (Wildman–Crippen LogP) is 3.30. The third-order valence-electron chi connectivity index (χ3n) is 2.59. The van der Waals surface area contributed by atoms with Crippen molar-refractivity contribution in [2.45, 2.75) is 25.7 Å². The van der Waals surface area contributed by atoms with Crippen molar-refractivity contribution in [1.82, 2.24) is 10.2 Å². The molecule has 0 saturated heterocycles. The maximum Gasteiger partial charge on any atom is 0.303 e. The van der Waals surface area contributed by atoms with Crippen LogP contribution >= 0.6 is 15.9 Å². The quantitative estimate of drug-likeness (QED) is 0.825. The molecule has 1 heterocycles. The van der Waals surface area contributed by atoms with Gasteiger partial charge in [-0.25, -0.2) is 0 Å². The van der Waals surface area contributed by atoms with Crippen molar-refractivity contribution < 1.29 is 14.3 Å². The van der Waals surface area contributed by atoms with Crippen molar-refractivity contribution in [3.05, 3.63) is 34.6 Å². The van der Waals surface area contributed by atoms with Crippen LogP contribution in [0.4, 0.5) is 0 Å². The molecule has 0 bridgehead atoms. The third kappa shape index (κ3) is 4.17. The van der Waals surface area contributed by atoms with Crippen molar-refractivity contribution in [1.29, 1.82) is 0 Å². The maximum atomic E-state index is 10.4. The van der Waals surface area contributed by atoms with Gasteiger partial charge in [-0.1, -0.05) is 15.9 Å². The number of carbonyl (C=O) groups is 1. The lowest BCUT2D eigenvalue weighted by Crippen LogP contribution is -1.95. The minimum atomic E-state index is -0.777. The van der Waals surface area contributed by atoms with E-state index in [1.165, 1.54) is 0 Å². The number of benzene rings is 1. The Balaban J connectivity index is 1.91. The number of carboxylic acid groups (broad SMARTS) is 1. The van der Waals surface area contributed by atoms with Crippen LogP contribution in [0.2, 0.25) is 0 Å². The number of hydrogen-bond acceptors (Lipinski definition) is 4. The number of aromatic nitrogens is 2. The minimum Gasteiger partial charge on any atom is -0.481 e. The van der Waals surface area contributed by atoms with E-state index in [9.17, 15) is 4.79 Å². The highest BCUT2D eigenvalue weighted by atomic mass is 79.9. The lowest BCUT2D eigenvalue weighted by molar-refractivity contribution is -0.137. The van der Waals surface area contributed by atoms with Crippen LogP contribution in [-0.4, -0.2) is 21.3 Å². The fraction of sp³-hybridized carbons (Fsp3) is 0.308. The Bertz CT molecular complexity index is 551. The summed E-state index contributed by atoms with van der Waals surface area (Å²) in [5, 5.41) is 16.5. The molecular formula is C13H13BrN2O3. The van der Waals surface area contributed by atoms with Crippen molar-refractivity contribution in [3.8, 4) is 11.5 Å². The molecule has 0 spiro atoms. The minimum absolute atomic E-state index is 0.174. The SMILES string of the molecule is O=C(O)CCCCc1nnc(-c2ccc(Br)cc2)o1. The van der Waals surface area contributed by atoms with Gasteiger partial charge in [0.25, 0.3) is 0 Å². The molecule has 1 N–H and O–H groups in total. The number of unbranched alkanes of at least 4 members (excludes halogenated alkanes) is 1. The average molecular weight is 325 g/mol. The molecule has 0 fully saturated rings. The molecule has 0 saturated carbocycles. The highest BCUT2D eigenvalue weighted by molar-refractivity contribution is 9.10. The topological polar surface area (TPSA) is 76.2 Å². The number of aliphatic carboxylic acids is 1. The van der Waals surface area contributed by atoms with Crippen LogP contribution in [0, 0.1) is 0 Å². The number of carboxylic acids is 1. The fourth-order valence-electron chi connectivity index (χ4n) is 1.62. The van der Waals surface area contributed by atoms with Gasteiger partial charge < -0.3 is 9.52 Å². The van der Waals surface area contributed by atoms with Crippen LogP contribution < -0.4 is 0 Å². The van der Waals surface area contributed by atoms with Crippen molar-refractivity contribution >= 4 is 21.9 Å². The molecular weight excluding hydrogens is 312 g/mol. The van der Waals surface area contributed by atoms with Crippen LogP contribution in [-0.2, 0) is 11.2 Å². The van der Waals surface area contributed by atoms with Gasteiger partial charge in [-0.15, -0.1) is 10.2 Å². The van der Waals surface area contributed by atoms with E-state index in [1.54, 1.807) is 0 Å². The van der Waals surface area contributed by atoms with Gasteiger partial charge in [-0.05, 0) is 37.1 Å². The molecule has 1 aromatic heterocycles. The fourth-order valence-corrected chi connectivity index (χ4v) is 1.88. The molecule has 19 heavy (non-hydrogen) atoms. The molecule has 100 valence electrons. The van der Waals surface area contributed by atoms with Crippen molar-refractivity contribution in [2.24, 2.45) is 0 Å². The zero-order valence-electron chi connectivity index (χ0n) is 10.2. The first-order valence-corrected chi connectivity index (χ1v) is 6.74. The van der Waals surface area contributed by atoms with Gasteiger partial charge in [0.15, 0.2) is 0 Å². The molecule has 2 rings (SSSR count). The molecule has 0 aliphatic heterocycles. The summed E-state index contributed by atoms with van der Waals surface area (Å²) >= 11 is 3.36. The maximum absolute atomic E-state index is 10.4. The smallest absolute Gasteiger partial charge is 0.303 e. The predicted molar refractivity (Wildman–Crippen MR) is 72.6 cm³/mol. The molecule has 0 atom stereocenters. The molecule has 1 aromatic carbocycles. The van der Waals surface area contributed by atoms with E-state index in [0.29, 0.717) is 24.6 Å². The Morgan fingerprint density at radius 1 is 1.21 bits per heavy atom. The summed E-state index contributed by atoms with van der Waals surface area (Å²) in [6.45, 7) is 0. The van der Waals surface area contributed by atoms with Gasteiger partial charge in [-0.3, -0.25) is 4.79 Å². The summed E-state index contributed by atoms with van der Waals surface area (Å²) in [5.41, 5.74) is 0.868. The van der Waals surface area contributed by atoms with Crippen LogP contribution in [0.15, 0.2) is 33.2 Å². The Hall–Kier alpha value is -1.69. The van der Waals surface area contributed by atoms with Gasteiger partial charge >= 0.3 is 5.97 Å². The molecule has 6 heteroatoms. The second-order valence-electron chi connectivity index (χ2n) is 4.11. The Morgan fingerprint density at radius 2 is 1.95 bits per heavy atom. The zero-order chi connectivity index (χ0) is 13.7. The van der Waals surface area contributed by atoms with Gasteiger partial charge in [0.05, 0.1) is 0 Å². The van der Waals surface area contributed by atoms with Gasteiger partial charge in [0.1, 0.15) is 0 Å². The number of rotatable bonds is 6. The first-order valence-electron chi connectivity index (χ1n) is 5.95. The number of halogens is 1. The monoisotopic (exact) mass is 324 g/mol. The average Bonchev–Trinajstić information content (AvgIpc) is 2.84. The Morgan fingerprint density at radius 3 is 2.63 bits per heavy atom. The number of nitrogens with zero attached hydrogens (tertiary/aromatic N) is 2. The molecule has 0 amide bonds.